The van der Waals surface area contributed by atoms with Crippen molar-refractivity contribution in [2.75, 3.05) is 29.0 Å². The molecule has 0 aliphatic heterocycles. The minimum Gasteiger partial charge on any atom is -0.385 e. The lowest BCUT2D eigenvalue weighted by atomic mass is 10.1. The summed E-state index contributed by atoms with van der Waals surface area (Å²) in [5, 5.41) is 20.1. The van der Waals surface area contributed by atoms with Crippen LogP contribution >= 0.6 is 0 Å². The summed E-state index contributed by atoms with van der Waals surface area (Å²) in [5.41, 5.74) is 3.37. The van der Waals surface area contributed by atoms with E-state index >= 15 is 0 Å². The van der Waals surface area contributed by atoms with Gasteiger partial charge in [0.1, 0.15) is 5.69 Å². The summed E-state index contributed by atoms with van der Waals surface area (Å²) in [7, 11) is 0. The molecule has 0 fully saturated rings. The number of benzene rings is 3. The van der Waals surface area contributed by atoms with Crippen molar-refractivity contribution in [3.8, 4) is 0 Å². The number of nitrogens with one attached hydrogen (secondary N) is 3. The molecule has 0 saturated carbocycles. The van der Waals surface area contributed by atoms with Crippen molar-refractivity contribution in [2.24, 2.45) is 0 Å². The third-order valence-electron chi connectivity index (χ3n) is 4.52. The van der Waals surface area contributed by atoms with Gasteiger partial charge in [-0.3, -0.25) is 14.9 Å². The summed E-state index contributed by atoms with van der Waals surface area (Å²) in [4.78, 5) is 22.7. The van der Waals surface area contributed by atoms with Gasteiger partial charge in [0.2, 0.25) is 5.91 Å². The average Bonchev–Trinajstić information content (AvgIpc) is 2.76. The van der Waals surface area contributed by atoms with Gasteiger partial charge in [0.25, 0.3) is 5.69 Å². The Bertz CT molecular complexity index is 975. The predicted octanol–water partition coefficient (Wildman–Crippen LogP) is 4.69. The predicted molar refractivity (Wildman–Crippen MR) is 120 cm³/mol. The maximum atomic E-state index is 12.1. The monoisotopic (exact) mass is 404 g/mol. The minimum absolute atomic E-state index is 0.00624. The van der Waals surface area contributed by atoms with E-state index in [2.05, 4.69) is 28.1 Å². The van der Waals surface area contributed by atoms with E-state index in [-0.39, 0.29) is 18.0 Å². The number of nitro benzene ring substituents is 1. The van der Waals surface area contributed by atoms with Crippen molar-refractivity contribution in [3.05, 3.63) is 94.5 Å². The van der Waals surface area contributed by atoms with Crippen LogP contribution in [0.5, 0.6) is 0 Å². The molecule has 0 aromatic heterocycles. The summed E-state index contributed by atoms with van der Waals surface area (Å²) in [6.07, 6.45) is 1.13. The van der Waals surface area contributed by atoms with Crippen molar-refractivity contribution in [2.45, 2.75) is 12.8 Å². The van der Waals surface area contributed by atoms with E-state index in [1.165, 1.54) is 11.6 Å². The number of amides is 1. The zero-order chi connectivity index (χ0) is 21.2. The van der Waals surface area contributed by atoms with Crippen LogP contribution in [0.4, 0.5) is 22.7 Å². The fraction of sp³-hybridized carbons (Fsp3) is 0.174. The minimum atomic E-state index is -0.447. The Balaban J connectivity index is 1.40. The van der Waals surface area contributed by atoms with Crippen LogP contribution in [0.2, 0.25) is 0 Å². The third-order valence-corrected chi connectivity index (χ3v) is 4.52. The summed E-state index contributed by atoms with van der Waals surface area (Å²) in [6, 6.07) is 24.2. The molecule has 0 aliphatic carbocycles. The molecule has 3 rings (SSSR count). The van der Waals surface area contributed by atoms with E-state index in [0.29, 0.717) is 17.9 Å². The molecule has 7 heteroatoms. The van der Waals surface area contributed by atoms with Gasteiger partial charge in [-0.25, -0.2) is 0 Å². The van der Waals surface area contributed by atoms with Gasteiger partial charge in [0, 0.05) is 37.0 Å². The zero-order valence-electron chi connectivity index (χ0n) is 16.5. The quantitative estimate of drug-likeness (QED) is 0.336. The number of hydrogen-bond acceptors (Lipinski definition) is 5. The first-order valence-electron chi connectivity index (χ1n) is 9.77. The average molecular weight is 404 g/mol. The first-order chi connectivity index (χ1) is 14.6. The summed E-state index contributed by atoms with van der Waals surface area (Å²) in [5.74, 6) is -0.161. The van der Waals surface area contributed by atoms with Crippen LogP contribution in [0.15, 0.2) is 78.9 Å². The maximum absolute atomic E-state index is 12.1. The smallest absolute Gasteiger partial charge is 0.292 e. The number of para-hydroxylation sites is 2. The molecular formula is C23H24N4O3. The fourth-order valence-corrected chi connectivity index (χ4v) is 2.98. The zero-order valence-corrected chi connectivity index (χ0v) is 16.5. The molecule has 3 aromatic carbocycles. The van der Waals surface area contributed by atoms with Crippen LogP contribution in [0.3, 0.4) is 0 Å². The molecule has 0 bridgehead atoms. The van der Waals surface area contributed by atoms with E-state index in [9.17, 15) is 14.9 Å². The van der Waals surface area contributed by atoms with Crippen LogP contribution in [-0.2, 0) is 11.2 Å². The number of anilines is 3. The fourth-order valence-electron chi connectivity index (χ4n) is 2.98. The van der Waals surface area contributed by atoms with Crippen LogP contribution in [0, 0.1) is 10.1 Å². The van der Waals surface area contributed by atoms with Crippen molar-refractivity contribution in [1.29, 1.82) is 0 Å². The lowest BCUT2D eigenvalue weighted by molar-refractivity contribution is -0.384. The third kappa shape index (κ3) is 6.34. The standard InChI is InChI=1S/C23H24N4O3/c28-23(15-17-25-21-8-4-5-9-22(21)27(29)30)26-20-12-10-19(11-13-20)24-16-14-18-6-2-1-3-7-18/h1-13,24-25H,14-17H2,(H,26,28). The molecule has 3 aromatic rings. The van der Waals surface area contributed by atoms with Gasteiger partial charge in [-0.15, -0.1) is 0 Å². The molecule has 7 nitrogen and oxygen atoms in total. The summed E-state index contributed by atoms with van der Waals surface area (Å²) >= 11 is 0. The molecule has 1 amide bonds. The van der Waals surface area contributed by atoms with Gasteiger partial charge >= 0.3 is 0 Å². The van der Waals surface area contributed by atoms with Gasteiger partial charge in [0.15, 0.2) is 0 Å². The lowest BCUT2D eigenvalue weighted by Gasteiger charge is -2.10. The van der Waals surface area contributed by atoms with Crippen molar-refractivity contribution in [3.63, 3.8) is 0 Å². The Hall–Kier alpha value is -3.87. The van der Waals surface area contributed by atoms with Gasteiger partial charge in [-0.05, 0) is 42.3 Å². The molecule has 0 heterocycles. The van der Waals surface area contributed by atoms with Gasteiger partial charge < -0.3 is 16.0 Å². The first-order valence-corrected chi connectivity index (χ1v) is 9.77. The normalized spacial score (nSPS) is 10.3. The first kappa shape index (κ1) is 20.9. The Morgan fingerprint density at radius 2 is 1.47 bits per heavy atom. The molecule has 0 aliphatic rings. The Kier molecular flexibility index (Phi) is 7.38. The van der Waals surface area contributed by atoms with Gasteiger partial charge in [0.05, 0.1) is 4.92 Å². The number of rotatable bonds is 10. The number of carbonyl (C=O) groups is 1. The number of carbonyl (C=O) groups excluding carboxylic acids is 1. The number of hydrogen-bond donors (Lipinski definition) is 3. The van der Waals surface area contributed by atoms with Crippen LogP contribution in [-0.4, -0.2) is 23.9 Å². The molecular weight excluding hydrogens is 380 g/mol. The van der Waals surface area contributed by atoms with Crippen molar-refractivity contribution < 1.29 is 9.72 Å². The highest BCUT2D eigenvalue weighted by Crippen LogP contribution is 2.23. The van der Waals surface area contributed by atoms with Crippen LogP contribution in [0.1, 0.15) is 12.0 Å². The second kappa shape index (κ2) is 10.6. The molecule has 0 unspecified atom stereocenters. The molecule has 0 spiro atoms. The highest BCUT2D eigenvalue weighted by atomic mass is 16.6. The Morgan fingerprint density at radius 3 is 2.20 bits per heavy atom. The van der Waals surface area contributed by atoms with Crippen LogP contribution < -0.4 is 16.0 Å². The number of nitrogens with zero attached hydrogens (tertiary/aromatic N) is 1. The highest BCUT2D eigenvalue weighted by Gasteiger charge is 2.12. The number of nitro groups is 1. The summed E-state index contributed by atoms with van der Waals surface area (Å²) in [6.45, 7) is 1.13. The van der Waals surface area contributed by atoms with Crippen molar-refractivity contribution in [1.82, 2.24) is 0 Å². The molecule has 0 atom stereocenters. The van der Waals surface area contributed by atoms with E-state index < -0.39 is 4.92 Å². The van der Waals surface area contributed by atoms with Crippen molar-refractivity contribution >= 4 is 28.7 Å². The largest absolute Gasteiger partial charge is 0.385 e. The second-order valence-corrected chi connectivity index (χ2v) is 6.74. The molecule has 0 saturated heterocycles. The van der Waals surface area contributed by atoms with E-state index in [4.69, 9.17) is 0 Å². The summed E-state index contributed by atoms with van der Waals surface area (Å²) < 4.78 is 0. The highest BCUT2D eigenvalue weighted by molar-refractivity contribution is 5.91. The molecule has 0 radical (unpaired) electrons. The van der Waals surface area contributed by atoms with E-state index in [0.717, 1.165) is 18.7 Å². The Labute approximate surface area is 175 Å². The lowest BCUT2D eigenvalue weighted by Crippen LogP contribution is -2.16. The molecule has 3 N–H and O–H groups in total. The van der Waals surface area contributed by atoms with E-state index in [1.54, 1.807) is 18.2 Å². The van der Waals surface area contributed by atoms with E-state index in [1.807, 2.05) is 42.5 Å². The molecule has 154 valence electrons. The Morgan fingerprint density at radius 1 is 0.800 bits per heavy atom. The topological polar surface area (TPSA) is 96.3 Å². The van der Waals surface area contributed by atoms with Crippen LogP contribution in [0.25, 0.3) is 0 Å². The SMILES string of the molecule is O=C(CCNc1ccccc1[N+](=O)[O-])Nc1ccc(NCCc2ccccc2)cc1. The second-order valence-electron chi connectivity index (χ2n) is 6.74. The molecule has 30 heavy (non-hydrogen) atoms. The van der Waals surface area contributed by atoms with Gasteiger partial charge in [-0.1, -0.05) is 42.5 Å². The van der Waals surface area contributed by atoms with Gasteiger partial charge in [-0.2, -0.15) is 0 Å². The maximum Gasteiger partial charge on any atom is 0.292 e.